The first-order valence-electron chi connectivity index (χ1n) is 10.4. The van der Waals surface area contributed by atoms with E-state index in [4.69, 9.17) is 9.97 Å². The van der Waals surface area contributed by atoms with E-state index < -0.39 is 0 Å². The van der Waals surface area contributed by atoms with Crippen LogP contribution in [0.25, 0.3) is 21.3 Å². The predicted molar refractivity (Wildman–Crippen MR) is 124 cm³/mol. The van der Waals surface area contributed by atoms with E-state index in [1.54, 1.807) is 23.1 Å². The second-order valence-corrected chi connectivity index (χ2v) is 9.60. The minimum atomic E-state index is 0.206. The molecule has 0 bridgehead atoms. The van der Waals surface area contributed by atoms with Crippen LogP contribution in [0.4, 0.5) is 0 Å². The fourth-order valence-corrected chi connectivity index (χ4v) is 6.25. The predicted octanol–water partition coefficient (Wildman–Crippen LogP) is 5.16. The molecule has 1 aliphatic heterocycles. The summed E-state index contributed by atoms with van der Waals surface area (Å²) < 4.78 is 3.44. The molecule has 1 amide bonds. The molecule has 5 rings (SSSR count). The molecule has 2 aromatic carbocycles. The topological polar surface area (TPSA) is 51.0 Å². The van der Waals surface area contributed by atoms with Crippen molar-refractivity contribution < 1.29 is 4.79 Å². The Labute approximate surface area is 184 Å². The second kappa shape index (κ2) is 8.40. The second-order valence-electron chi connectivity index (χ2n) is 7.59. The molecule has 0 saturated carbocycles. The molecule has 0 radical (unpaired) electrons. The van der Waals surface area contributed by atoms with Gasteiger partial charge in [-0.05, 0) is 44.0 Å². The number of hydrogen-bond donors (Lipinski definition) is 0. The van der Waals surface area contributed by atoms with Crippen LogP contribution in [-0.2, 0) is 11.3 Å². The molecule has 7 heteroatoms. The molecule has 5 nitrogen and oxygen atoms in total. The lowest BCUT2D eigenvalue weighted by Crippen LogP contribution is -2.39. The molecule has 30 heavy (non-hydrogen) atoms. The Morgan fingerprint density at radius 1 is 1.07 bits per heavy atom. The highest BCUT2D eigenvalue weighted by atomic mass is 32.2. The highest BCUT2D eigenvalue weighted by Gasteiger charge is 2.26. The largest absolute Gasteiger partial charge is 0.342 e. The molecule has 0 spiro atoms. The third kappa shape index (κ3) is 3.72. The van der Waals surface area contributed by atoms with Crippen molar-refractivity contribution in [2.24, 2.45) is 0 Å². The molecular formula is C23H24N4OS2. The minimum absolute atomic E-state index is 0.206. The normalized spacial score (nSPS) is 15.3. The Morgan fingerprint density at radius 3 is 2.57 bits per heavy atom. The number of fused-ring (bicyclic) bond motifs is 2. The molecule has 0 atom stereocenters. The average molecular weight is 437 g/mol. The first-order chi connectivity index (χ1) is 14.7. The Bertz CT molecular complexity index is 1160. The summed E-state index contributed by atoms with van der Waals surface area (Å²) in [5.41, 5.74) is 3.21. The maximum Gasteiger partial charge on any atom is 0.233 e. The number of hydrogen-bond acceptors (Lipinski definition) is 5. The molecule has 2 aromatic heterocycles. The van der Waals surface area contributed by atoms with Crippen LogP contribution in [0.3, 0.4) is 0 Å². The van der Waals surface area contributed by atoms with Gasteiger partial charge in [0.05, 0.1) is 32.0 Å². The van der Waals surface area contributed by atoms with Gasteiger partial charge in [-0.3, -0.25) is 4.79 Å². The number of carbonyl (C=O) groups is 1. The van der Waals surface area contributed by atoms with Gasteiger partial charge in [-0.2, -0.15) is 0 Å². The number of nitrogens with zero attached hydrogens (tertiary/aromatic N) is 4. The maximum absolute atomic E-state index is 12.8. The van der Waals surface area contributed by atoms with Crippen LogP contribution in [0.2, 0.25) is 0 Å². The van der Waals surface area contributed by atoms with E-state index in [2.05, 4.69) is 35.8 Å². The number of para-hydroxylation sites is 3. The van der Waals surface area contributed by atoms with Crippen LogP contribution in [0.5, 0.6) is 0 Å². The zero-order valence-corrected chi connectivity index (χ0v) is 18.6. The van der Waals surface area contributed by atoms with Crippen molar-refractivity contribution in [3.05, 3.63) is 53.5 Å². The van der Waals surface area contributed by atoms with E-state index in [1.165, 1.54) is 9.71 Å². The van der Waals surface area contributed by atoms with Gasteiger partial charge in [0, 0.05) is 25.6 Å². The minimum Gasteiger partial charge on any atom is -0.342 e. The highest BCUT2D eigenvalue weighted by molar-refractivity contribution is 7.99. The number of amides is 1. The van der Waals surface area contributed by atoms with Crippen molar-refractivity contribution in [3.8, 4) is 0 Å². The van der Waals surface area contributed by atoms with Gasteiger partial charge in [0.2, 0.25) is 5.91 Å². The van der Waals surface area contributed by atoms with E-state index in [0.717, 1.165) is 54.2 Å². The van der Waals surface area contributed by atoms with Gasteiger partial charge in [0.1, 0.15) is 0 Å². The first kappa shape index (κ1) is 19.6. The van der Waals surface area contributed by atoms with E-state index >= 15 is 0 Å². The number of thiazole rings is 1. The summed E-state index contributed by atoms with van der Waals surface area (Å²) in [4.78, 5) is 24.4. The lowest BCUT2D eigenvalue weighted by Gasteiger charge is -2.31. The molecule has 0 aliphatic carbocycles. The summed E-state index contributed by atoms with van der Waals surface area (Å²) in [5.74, 6) is 1.11. The third-order valence-corrected chi connectivity index (χ3v) is 7.93. The molecule has 3 heterocycles. The van der Waals surface area contributed by atoms with Crippen molar-refractivity contribution in [2.45, 2.75) is 37.4 Å². The molecule has 1 fully saturated rings. The number of rotatable bonds is 5. The van der Waals surface area contributed by atoms with E-state index in [0.29, 0.717) is 11.7 Å². The number of aryl methyl sites for hydroxylation is 1. The number of carbonyl (C=O) groups excluding carboxylic acids is 1. The van der Waals surface area contributed by atoms with Crippen molar-refractivity contribution in [3.63, 3.8) is 0 Å². The summed E-state index contributed by atoms with van der Waals surface area (Å²) in [6.07, 6.45) is 1.98. The monoisotopic (exact) mass is 436 g/mol. The lowest BCUT2D eigenvalue weighted by molar-refractivity contribution is -0.129. The van der Waals surface area contributed by atoms with Crippen molar-refractivity contribution in [1.29, 1.82) is 0 Å². The molecule has 0 N–H and O–H groups in total. The summed E-state index contributed by atoms with van der Waals surface area (Å²) in [6.45, 7) is 4.59. The fraction of sp³-hybridized carbons (Fsp3) is 0.348. The standard InChI is InChI=1S/C23H24N4OS2/c1-2-27-19-9-5-3-7-17(19)25-23(27)29-15-21(28)26-13-11-16(12-14-26)22-24-18-8-4-6-10-20(18)30-22/h3-10,16H,2,11-15H2,1H3. The Hall–Kier alpha value is -2.38. The van der Waals surface area contributed by atoms with Gasteiger partial charge < -0.3 is 9.47 Å². The zero-order valence-electron chi connectivity index (χ0n) is 17.0. The van der Waals surface area contributed by atoms with Gasteiger partial charge in [-0.1, -0.05) is 36.0 Å². The van der Waals surface area contributed by atoms with Crippen molar-refractivity contribution >= 4 is 50.3 Å². The van der Waals surface area contributed by atoms with Crippen LogP contribution in [0, 0.1) is 0 Å². The third-order valence-electron chi connectivity index (χ3n) is 5.77. The highest BCUT2D eigenvalue weighted by Crippen LogP contribution is 2.34. The van der Waals surface area contributed by atoms with Crippen LogP contribution in [-0.4, -0.2) is 44.2 Å². The van der Waals surface area contributed by atoms with Crippen molar-refractivity contribution in [2.75, 3.05) is 18.8 Å². The molecule has 1 aliphatic rings. The summed E-state index contributed by atoms with van der Waals surface area (Å²) >= 11 is 3.35. The number of benzene rings is 2. The van der Waals surface area contributed by atoms with E-state index in [1.807, 2.05) is 29.2 Å². The van der Waals surface area contributed by atoms with E-state index in [9.17, 15) is 4.79 Å². The Balaban J connectivity index is 1.20. The zero-order chi connectivity index (χ0) is 20.5. The molecule has 1 saturated heterocycles. The average Bonchev–Trinajstić information content (AvgIpc) is 3.38. The molecule has 154 valence electrons. The van der Waals surface area contributed by atoms with Crippen molar-refractivity contribution in [1.82, 2.24) is 19.4 Å². The number of piperidine rings is 1. The van der Waals surface area contributed by atoms with Gasteiger partial charge >= 0.3 is 0 Å². The fourth-order valence-electron chi connectivity index (χ4n) is 4.13. The number of aromatic nitrogens is 3. The summed E-state index contributed by atoms with van der Waals surface area (Å²) in [7, 11) is 0. The van der Waals surface area contributed by atoms with Gasteiger partial charge in [0.25, 0.3) is 0 Å². The van der Waals surface area contributed by atoms with Gasteiger partial charge in [-0.25, -0.2) is 9.97 Å². The first-order valence-corrected chi connectivity index (χ1v) is 12.2. The van der Waals surface area contributed by atoms with Gasteiger partial charge in [0.15, 0.2) is 5.16 Å². The van der Waals surface area contributed by atoms with Crippen LogP contribution >= 0.6 is 23.1 Å². The lowest BCUT2D eigenvalue weighted by atomic mass is 9.97. The van der Waals surface area contributed by atoms with Gasteiger partial charge in [-0.15, -0.1) is 11.3 Å². The number of imidazole rings is 1. The molecular weight excluding hydrogens is 412 g/mol. The molecule has 0 unspecified atom stereocenters. The van der Waals surface area contributed by atoms with Crippen LogP contribution in [0.1, 0.15) is 30.7 Å². The summed E-state index contributed by atoms with van der Waals surface area (Å²) in [6, 6.07) is 16.5. The quantitative estimate of drug-likeness (QED) is 0.405. The smallest absolute Gasteiger partial charge is 0.233 e. The Morgan fingerprint density at radius 2 is 1.80 bits per heavy atom. The molecule has 4 aromatic rings. The number of likely N-dealkylation sites (tertiary alicyclic amines) is 1. The SMILES string of the molecule is CCn1c(SCC(=O)N2CCC(c3nc4ccccc4s3)CC2)nc2ccccc21. The summed E-state index contributed by atoms with van der Waals surface area (Å²) in [5, 5.41) is 2.14. The van der Waals surface area contributed by atoms with Crippen LogP contribution in [0.15, 0.2) is 53.7 Å². The number of thioether (sulfide) groups is 1. The Kier molecular flexibility index (Phi) is 5.48. The van der Waals surface area contributed by atoms with E-state index in [-0.39, 0.29) is 5.91 Å². The van der Waals surface area contributed by atoms with Crippen LogP contribution < -0.4 is 0 Å². The maximum atomic E-state index is 12.8.